The molecule has 0 amide bonds. The van der Waals surface area contributed by atoms with Gasteiger partial charge in [-0.3, -0.25) is 0 Å². The molecule has 0 saturated carbocycles. The van der Waals surface area contributed by atoms with Gasteiger partial charge in [-0.25, -0.2) is 4.68 Å². The van der Waals surface area contributed by atoms with E-state index in [9.17, 15) is 10.5 Å². The van der Waals surface area contributed by atoms with Crippen LogP contribution in [0.3, 0.4) is 0 Å². The van der Waals surface area contributed by atoms with Gasteiger partial charge in [0, 0.05) is 24.1 Å². The molecule has 1 atom stereocenters. The number of benzene rings is 2. The van der Waals surface area contributed by atoms with Crippen LogP contribution in [0, 0.1) is 22.7 Å². The third-order valence-electron chi connectivity index (χ3n) is 7.57. The standard InChI is InChI=1S/C29H27N6/c1-4-28-29(5-2,6-3)25-11-10-23(16-24(25)27-9-7-8-12-34(27)28)35-19-26(32-33-35)22-14-20(17-30)13-21(15-22)18-31/h7-16,19,28H,4-6H2,1-3H3/q+1. The monoisotopic (exact) mass is 459 g/mol. The van der Waals surface area contributed by atoms with E-state index in [-0.39, 0.29) is 5.41 Å². The van der Waals surface area contributed by atoms with E-state index in [4.69, 9.17) is 0 Å². The van der Waals surface area contributed by atoms with E-state index in [1.165, 1.54) is 16.8 Å². The van der Waals surface area contributed by atoms with E-state index >= 15 is 0 Å². The number of hydrogen-bond donors (Lipinski definition) is 0. The van der Waals surface area contributed by atoms with Crippen molar-refractivity contribution in [2.45, 2.75) is 51.5 Å². The topological polar surface area (TPSA) is 82.2 Å². The normalized spacial score (nSPS) is 15.5. The van der Waals surface area contributed by atoms with Crippen LogP contribution in [0.2, 0.25) is 0 Å². The Balaban J connectivity index is 1.63. The molecule has 3 heterocycles. The summed E-state index contributed by atoms with van der Waals surface area (Å²) in [4.78, 5) is 0. The van der Waals surface area contributed by atoms with Crippen molar-refractivity contribution < 1.29 is 4.57 Å². The molecule has 2 aromatic carbocycles. The van der Waals surface area contributed by atoms with Crippen LogP contribution in [0.4, 0.5) is 0 Å². The average Bonchev–Trinajstić information content (AvgIpc) is 3.42. The Morgan fingerprint density at radius 2 is 1.71 bits per heavy atom. The van der Waals surface area contributed by atoms with Gasteiger partial charge >= 0.3 is 0 Å². The molecule has 1 aliphatic rings. The molecule has 0 bridgehead atoms. The van der Waals surface area contributed by atoms with Gasteiger partial charge in [0.2, 0.25) is 5.69 Å². The third-order valence-corrected chi connectivity index (χ3v) is 7.57. The maximum Gasteiger partial charge on any atom is 0.213 e. The second kappa shape index (κ2) is 8.81. The molecule has 172 valence electrons. The largest absolute Gasteiger partial charge is 0.220 e. The smallest absolute Gasteiger partial charge is 0.213 e. The van der Waals surface area contributed by atoms with Crippen LogP contribution >= 0.6 is 0 Å². The van der Waals surface area contributed by atoms with Crippen molar-refractivity contribution in [2.24, 2.45) is 0 Å². The van der Waals surface area contributed by atoms with Crippen LogP contribution in [0.15, 0.2) is 67.0 Å². The molecule has 4 aromatic rings. The fourth-order valence-corrected chi connectivity index (χ4v) is 5.84. The molecular weight excluding hydrogens is 432 g/mol. The first-order valence-electron chi connectivity index (χ1n) is 12.1. The molecular formula is C29H27N6+. The lowest BCUT2D eigenvalue weighted by atomic mass is 9.65. The number of nitriles is 2. The molecule has 0 aliphatic carbocycles. The molecule has 0 N–H and O–H groups in total. The SMILES string of the molecule is CCC1[n+]2ccccc2-c2cc(-n3cc(-c4cc(C#N)cc(C#N)c4)nn3)ccc2C1(CC)CC. The fourth-order valence-electron chi connectivity index (χ4n) is 5.84. The van der Waals surface area contributed by atoms with Gasteiger partial charge in [-0.1, -0.05) is 32.1 Å². The minimum atomic E-state index is 0.0700. The van der Waals surface area contributed by atoms with Crippen LogP contribution in [0.1, 0.15) is 62.8 Å². The maximum atomic E-state index is 9.32. The summed E-state index contributed by atoms with van der Waals surface area (Å²) in [6.45, 7) is 6.88. The Bertz CT molecular complexity index is 1460. The van der Waals surface area contributed by atoms with Crippen LogP contribution in [-0.2, 0) is 5.41 Å². The maximum absolute atomic E-state index is 9.32. The number of pyridine rings is 1. The summed E-state index contributed by atoms with van der Waals surface area (Å²) < 4.78 is 4.21. The second-order valence-corrected chi connectivity index (χ2v) is 9.08. The van der Waals surface area contributed by atoms with Gasteiger partial charge in [-0.05, 0) is 54.8 Å². The Hall–Kier alpha value is -4.29. The van der Waals surface area contributed by atoms with Gasteiger partial charge in [-0.2, -0.15) is 15.1 Å². The molecule has 0 fully saturated rings. The summed E-state index contributed by atoms with van der Waals surface area (Å²) in [6.07, 6.45) is 7.27. The summed E-state index contributed by atoms with van der Waals surface area (Å²) in [5, 5.41) is 27.4. The van der Waals surface area contributed by atoms with Crippen LogP contribution in [0.5, 0.6) is 0 Å². The van der Waals surface area contributed by atoms with Crippen LogP contribution in [-0.4, -0.2) is 15.0 Å². The van der Waals surface area contributed by atoms with Gasteiger partial charge in [0.1, 0.15) is 5.69 Å². The molecule has 5 rings (SSSR count). The van der Waals surface area contributed by atoms with Crippen LogP contribution < -0.4 is 4.57 Å². The molecule has 6 nitrogen and oxygen atoms in total. The lowest BCUT2D eigenvalue weighted by molar-refractivity contribution is -0.725. The van der Waals surface area contributed by atoms with E-state index in [0.717, 1.165) is 24.9 Å². The number of hydrogen-bond acceptors (Lipinski definition) is 4. The number of aromatic nitrogens is 4. The molecule has 1 unspecified atom stereocenters. The highest BCUT2D eigenvalue weighted by atomic mass is 15.4. The zero-order valence-corrected chi connectivity index (χ0v) is 20.2. The van der Waals surface area contributed by atoms with E-state index < -0.39 is 0 Å². The predicted molar refractivity (Wildman–Crippen MR) is 133 cm³/mol. The average molecular weight is 460 g/mol. The van der Waals surface area contributed by atoms with Crippen LogP contribution in [0.25, 0.3) is 28.2 Å². The number of fused-ring (bicyclic) bond motifs is 3. The zero-order valence-electron chi connectivity index (χ0n) is 20.2. The molecule has 0 spiro atoms. The minimum absolute atomic E-state index is 0.0700. The lowest BCUT2D eigenvalue weighted by Crippen LogP contribution is -2.55. The number of nitrogens with zero attached hydrogens (tertiary/aromatic N) is 6. The van der Waals surface area contributed by atoms with Crippen molar-refractivity contribution in [2.75, 3.05) is 0 Å². The van der Waals surface area contributed by atoms with Crippen molar-refractivity contribution in [3.63, 3.8) is 0 Å². The van der Waals surface area contributed by atoms with E-state index in [2.05, 4.69) is 90.4 Å². The van der Waals surface area contributed by atoms with E-state index in [0.29, 0.717) is 28.4 Å². The molecule has 6 heteroatoms. The van der Waals surface area contributed by atoms with Crippen molar-refractivity contribution in [3.05, 3.63) is 83.7 Å². The highest BCUT2D eigenvalue weighted by Gasteiger charge is 2.49. The first-order chi connectivity index (χ1) is 17.1. The van der Waals surface area contributed by atoms with Gasteiger partial charge in [0.15, 0.2) is 12.2 Å². The number of rotatable bonds is 5. The summed E-state index contributed by atoms with van der Waals surface area (Å²) in [6, 6.07) is 22.7. The minimum Gasteiger partial charge on any atom is -0.220 e. The zero-order chi connectivity index (χ0) is 24.6. The molecule has 2 aromatic heterocycles. The van der Waals surface area contributed by atoms with Crippen molar-refractivity contribution in [3.8, 4) is 40.3 Å². The van der Waals surface area contributed by atoms with E-state index in [1.54, 1.807) is 22.9 Å². The highest BCUT2D eigenvalue weighted by molar-refractivity contribution is 5.69. The Morgan fingerprint density at radius 3 is 2.37 bits per heavy atom. The first-order valence-corrected chi connectivity index (χ1v) is 12.1. The second-order valence-electron chi connectivity index (χ2n) is 9.08. The third kappa shape index (κ3) is 3.50. The van der Waals surface area contributed by atoms with Gasteiger partial charge < -0.3 is 0 Å². The first kappa shape index (κ1) is 22.5. The summed E-state index contributed by atoms with van der Waals surface area (Å²) >= 11 is 0. The van der Waals surface area contributed by atoms with Crippen molar-refractivity contribution in [1.82, 2.24) is 15.0 Å². The Morgan fingerprint density at radius 1 is 0.971 bits per heavy atom. The van der Waals surface area contributed by atoms with E-state index in [1.807, 2.05) is 6.20 Å². The highest BCUT2D eigenvalue weighted by Crippen LogP contribution is 2.48. The Labute approximate surface area is 205 Å². The predicted octanol–water partition coefficient (Wildman–Crippen LogP) is 5.65. The molecule has 35 heavy (non-hydrogen) atoms. The lowest BCUT2D eigenvalue weighted by Gasteiger charge is -2.41. The molecule has 0 radical (unpaired) electrons. The summed E-state index contributed by atoms with van der Waals surface area (Å²) in [7, 11) is 0. The van der Waals surface area contributed by atoms with Crippen molar-refractivity contribution >= 4 is 0 Å². The summed E-state index contributed by atoms with van der Waals surface area (Å²) in [5.41, 5.74) is 7.01. The van der Waals surface area contributed by atoms with Gasteiger partial charge in [0.25, 0.3) is 0 Å². The van der Waals surface area contributed by atoms with Crippen molar-refractivity contribution in [1.29, 1.82) is 10.5 Å². The Kier molecular flexibility index (Phi) is 5.67. The van der Waals surface area contributed by atoms with Gasteiger partial charge in [-0.15, -0.1) is 5.10 Å². The van der Waals surface area contributed by atoms with Gasteiger partial charge in [0.05, 0.1) is 46.1 Å². The quantitative estimate of drug-likeness (QED) is 0.361. The molecule has 0 saturated heterocycles. The fraction of sp³-hybridized carbons (Fsp3) is 0.276. The summed E-state index contributed by atoms with van der Waals surface area (Å²) in [5.74, 6) is 0. The molecule has 1 aliphatic heterocycles.